The number of aromatic nitrogens is 5. The molecule has 1 unspecified atom stereocenters. The van der Waals surface area contributed by atoms with Gasteiger partial charge in [0.15, 0.2) is 11.5 Å². The summed E-state index contributed by atoms with van der Waals surface area (Å²) in [6.45, 7) is 2.03. The van der Waals surface area contributed by atoms with Gasteiger partial charge in [-0.3, -0.25) is 9.88 Å². The maximum absolute atomic E-state index is 12.6. The number of H-pyrrole nitrogens is 1. The first-order valence-corrected chi connectivity index (χ1v) is 8.32. The SMILES string of the molecule is Nc1nc(N)c2[nH]c(C3CCN(Cc4ccc(C(F)(F)F)nc4)C3)nc2n1. The van der Waals surface area contributed by atoms with Crippen molar-refractivity contribution in [2.45, 2.75) is 25.1 Å². The van der Waals surface area contributed by atoms with Gasteiger partial charge in [0.1, 0.15) is 17.0 Å². The van der Waals surface area contributed by atoms with Gasteiger partial charge in [-0.25, -0.2) is 4.98 Å². The van der Waals surface area contributed by atoms with E-state index in [1.165, 1.54) is 12.3 Å². The van der Waals surface area contributed by atoms with Crippen LogP contribution in [0.15, 0.2) is 18.3 Å². The number of halogens is 3. The fourth-order valence-electron chi connectivity index (χ4n) is 3.29. The molecule has 1 aliphatic heterocycles. The van der Waals surface area contributed by atoms with E-state index >= 15 is 0 Å². The van der Waals surface area contributed by atoms with Crippen molar-refractivity contribution in [3.63, 3.8) is 0 Å². The van der Waals surface area contributed by atoms with Crippen molar-refractivity contribution in [2.24, 2.45) is 0 Å². The van der Waals surface area contributed by atoms with Gasteiger partial charge in [-0.15, -0.1) is 0 Å². The molecule has 1 aliphatic rings. The smallest absolute Gasteiger partial charge is 0.382 e. The highest BCUT2D eigenvalue weighted by molar-refractivity contribution is 5.82. The van der Waals surface area contributed by atoms with Gasteiger partial charge in [0.25, 0.3) is 0 Å². The van der Waals surface area contributed by atoms with E-state index in [0.29, 0.717) is 24.3 Å². The highest BCUT2D eigenvalue weighted by Crippen LogP contribution is 2.30. The predicted octanol–water partition coefficient (Wildman–Crippen LogP) is 1.92. The number of hydrogen-bond donors (Lipinski definition) is 3. The molecule has 0 aliphatic carbocycles. The Bertz CT molecular complexity index is 966. The number of aromatic amines is 1. The minimum atomic E-state index is -4.42. The Labute approximate surface area is 151 Å². The van der Waals surface area contributed by atoms with Gasteiger partial charge in [-0.05, 0) is 24.6 Å². The Hall–Kier alpha value is -2.95. The van der Waals surface area contributed by atoms with E-state index in [0.717, 1.165) is 30.4 Å². The summed E-state index contributed by atoms with van der Waals surface area (Å²) in [5.41, 5.74) is 12.3. The van der Waals surface area contributed by atoms with Crippen LogP contribution in [-0.4, -0.2) is 42.9 Å². The molecule has 27 heavy (non-hydrogen) atoms. The molecule has 0 aromatic carbocycles. The third-order valence-corrected chi connectivity index (χ3v) is 4.60. The molecular weight excluding hydrogens is 361 g/mol. The maximum atomic E-state index is 12.6. The first-order chi connectivity index (χ1) is 12.8. The number of hydrogen-bond acceptors (Lipinski definition) is 7. The molecule has 0 saturated carbocycles. The zero-order valence-corrected chi connectivity index (χ0v) is 14.2. The molecule has 0 spiro atoms. The maximum Gasteiger partial charge on any atom is 0.433 e. The van der Waals surface area contributed by atoms with Gasteiger partial charge < -0.3 is 16.5 Å². The van der Waals surface area contributed by atoms with Gasteiger partial charge in [-0.2, -0.15) is 23.1 Å². The number of fused-ring (bicyclic) bond motifs is 1. The first-order valence-electron chi connectivity index (χ1n) is 8.32. The third-order valence-electron chi connectivity index (χ3n) is 4.60. The molecular formula is C16H17F3N8. The van der Waals surface area contributed by atoms with Crippen molar-refractivity contribution in [3.05, 3.63) is 35.4 Å². The zero-order chi connectivity index (χ0) is 19.2. The largest absolute Gasteiger partial charge is 0.433 e. The average molecular weight is 378 g/mol. The number of likely N-dealkylation sites (tertiary alicyclic amines) is 1. The van der Waals surface area contributed by atoms with Crippen molar-refractivity contribution in [2.75, 3.05) is 24.6 Å². The van der Waals surface area contributed by atoms with Crippen LogP contribution in [0.2, 0.25) is 0 Å². The number of nitrogens with one attached hydrogen (secondary N) is 1. The van der Waals surface area contributed by atoms with Crippen molar-refractivity contribution >= 4 is 22.9 Å². The second kappa shape index (κ2) is 6.34. The van der Waals surface area contributed by atoms with E-state index in [4.69, 9.17) is 11.5 Å². The lowest BCUT2D eigenvalue weighted by Gasteiger charge is -2.15. The Morgan fingerprint density at radius 2 is 2.00 bits per heavy atom. The van der Waals surface area contributed by atoms with Crippen molar-refractivity contribution in [1.29, 1.82) is 0 Å². The minimum Gasteiger partial charge on any atom is -0.382 e. The van der Waals surface area contributed by atoms with Gasteiger partial charge >= 0.3 is 6.18 Å². The number of anilines is 2. The van der Waals surface area contributed by atoms with Crippen LogP contribution >= 0.6 is 0 Å². The number of alkyl halides is 3. The van der Waals surface area contributed by atoms with Crippen molar-refractivity contribution in [1.82, 2.24) is 29.8 Å². The normalized spacial score (nSPS) is 18.4. The summed E-state index contributed by atoms with van der Waals surface area (Å²) in [4.78, 5) is 21.3. The Morgan fingerprint density at radius 1 is 1.19 bits per heavy atom. The van der Waals surface area contributed by atoms with E-state index in [9.17, 15) is 13.2 Å². The summed E-state index contributed by atoms with van der Waals surface area (Å²) >= 11 is 0. The lowest BCUT2D eigenvalue weighted by molar-refractivity contribution is -0.141. The molecule has 4 rings (SSSR count). The third kappa shape index (κ3) is 3.50. The molecule has 0 bridgehead atoms. The number of nitrogens with zero attached hydrogens (tertiary/aromatic N) is 5. The summed E-state index contributed by atoms with van der Waals surface area (Å²) in [7, 11) is 0. The first kappa shape index (κ1) is 17.5. The minimum absolute atomic E-state index is 0.0703. The zero-order valence-electron chi connectivity index (χ0n) is 14.2. The highest BCUT2D eigenvalue weighted by Gasteiger charge is 2.32. The van der Waals surface area contributed by atoms with Gasteiger partial charge in [0.05, 0.1) is 0 Å². The van der Waals surface area contributed by atoms with E-state index in [2.05, 4.69) is 29.8 Å². The summed E-state index contributed by atoms with van der Waals surface area (Å²) < 4.78 is 37.8. The summed E-state index contributed by atoms with van der Waals surface area (Å²) in [5.74, 6) is 1.22. The molecule has 1 saturated heterocycles. The van der Waals surface area contributed by atoms with Crippen LogP contribution in [0.5, 0.6) is 0 Å². The van der Waals surface area contributed by atoms with Crippen LogP contribution in [0, 0.1) is 0 Å². The van der Waals surface area contributed by atoms with Crippen LogP contribution in [0.3, 0.4) is 0 Å². The standard InChI is InChI=1S/C16H17F3N8/c17-16(18,19)10-2-1-8(5-22-10)6-27-4-3-9(7-27)13-23-11-12(20)24-15(21)26-14(11)25-13/h1-2,5,9H,3-4,6-7H2,(H5,20,21,23,24,25,26). The fraction of sp³-hybridized carbons (Fsp3) is 0.375. The van der Waals surface area contributed by atoms with Gasteiger partial charge in [0, 0.05) is 25.2 Å². The predicted molar refractivity (Wildman–Crippen MR) is 92.4 cm³/mol. The molecule has 0 radical (unpaired) electrons. The summed E-state index contributed by atoms with van der Waals surface area (Å²) in [6, 6.07) is 2.47. The van der Waals surface area contributed by atoms with Crippen LogP contribution in [0.1, 0.15) is 29.4 Å². The summed E-state index contributed by atoms with van der Waals surface area (Å²) in [5, 5.41) is 0. The molecule has 4 heterocycles. The Kier molecular flexibility index (Phi) is 4.10. The highest BCUT2D eigenvalue weighted by atomic mass is 19.4. The molecule has 3 aromatic rings. The quantitative estimate of drug-likeness (QED) is 0.636. The average Bonchev–Trinajstić information content (AvgIpc) is 3.21. The van der Waals surface area contributed by atoms with Gasteiger partial charge in [0.2, 0.25) is 5.95 Å². The number of pyridine rings is 1. The number of rotatable bonds is 3. The molecule has 11 heteroatoms. The molecule has 1 fully saturated rings. The van der Waals surface area contributed by atoms with E-state index in [1.54, 1.807) is 0 Å². The summed E-state index contributed by atoms with van der Waals surface area (Å²) in [6.07, 6.45) is -2.29. The molecule has 3 aromatic heterocycles. The molecule has 0 amide bonds. The van der Waals surface area contributed by atoms with Crippen molar-refractivity contribution < 1.29 is 13.2 Å². The van der Waals surface area contributed by atoms with Crippen LogP contribution in [0.4, 0.5) is 24.9 Å². The topological polar surface area (TPSA) is 123 Å². The second-order valence-corrected chi connectivity index (χ2v) is 6.56. The monoisotopic (exact) mass is 378 g/mol. The molecule has 1 atom stereocenters. The second-order valence-electron chi connectivity index (χ2n) is 6.56. The number of imidazole rings is 1. The lowest BCUT2D eigenvalue weighted by atomic mass is 10.1. The van der Waals surface area contributed by atoms with Gasteiger partial charge in [-0.1, -0.05) is 6.07 Å². The molecule has 5 N–H and O–H groups in total. The number of nitrogens with two attached hydrogens (primary N) is 2. The van der Waals surface area contributed by atoms with Crippen molar-refractivity contribution in [3.8, 4) is 0 Å². The lowest BCUT2D eigenvalue weighted by Crippen LogP contribution is -2.20. The number of nitrogen functional groups attached to an aromatic ring is 2. The fourth-order valence-corrected chi connectivity index (χ4v) is 3.29. The van der Waals surface area contributed by atoms with Crippen LogP contribution in [0.25, 0.3) is 11.2 Å². The molecule has 8 nitrogen and oxygen atoms in total. The Morgan fingerprint density at radius 3 is 2.70 bits per heavy atom. The molecule has 142 valence electrons. The van der Waals surface area contributed by atoms with E-state index < -0.39 is 11.9 Å². The van der Waals surface area contributed by atoms with Crippen LogP contribution in [-0.2, 0) is 12.7 Å². The van der Waals surface area contributed by atoms with E-state index in [-0.39, 0.29) is 17.7 Å². The van der Waals surface area contributed by atoms with Crippen LogP contribution < -0.4 is 11.5 Å². The van der Waals surface area contributed by atoms with E-state index in [1.807, 2.05) is 0 Å². The Balaban J connectivity index is 1.45.